The van der Waals surface area contributed by atoms with Crippen molar-refractivity contribution in [1.29, 1.82) is 5.26 Å². The van der Waals surface area contributed by atoms with Crippen LogP contribution in [0.5, 0.6) is 5.75 Å². The lowest BCUT2D eigenvalue weighted by molar-refractivity contribution is -0.117. The SMILES string of the molecule is Cc1c(C#N)c(NC(=O)CN(C)CCOc2ccc(F)cc2)n(CC2CCCO2)c1C. The lowest BCUT2D eigenvalue weighted by atomic mass is 10.2. The van der Waals surface area contributed by atoms with Crippen molar-refractivity contribution < 1.29 is 18.7 Å². The summed E-state index contributed by atoms with van der Waals surface area (Å²) in [4.78, 5) is 14.5. The fourth-order valence-electron chi connectivity index (χ4n) is 3.70. The molecule has 2 heterocycles. The van der Waals surface area contributed by atoms with Gasteiger partial charge in [0.15, 0.2) is 0 Å². The number of benzene rings is 1. The molecule has 7 nitrogen and oxygen atoms in total. The molecule has 0 saturated carbocycles. The van der Waals surface area contributed by atoms with Gasteiger partial charge in [-0.15, -0.1) is 0 Å². The molecule has 1 amide bonds. The Hall–Kier alpha value is -2.89. The maximum absolute atomic E-state index is 12.9. The summed E-state index contributed by atoms with van der Waals surface area (Å²) in [5, 5.41) is 12.6. The predicted octanol–water partition coefficient (Wildman–Crippen LogP) is 3.24. The van der Waals surface area contributed by atoms with Crippen molar-refractivity contribution in [2.45, 2.75) is 39.3 Å². The summed E-state index contributed by atoms with van der Waals surface area (Å²) in [5.41, 5.74) is 2.33. The summed E-state index contributed by atoms with van der Waals surface area (Å²) < 4.78 is 26.3. The van der Waals surface area contributed by atoms with Gasteiger partial charge in [-0.05, 0) is 63.6 Å². The number of carbonyl (C=O) groups excluding carboxylic acids is 1. The zero-order valence-electron chi connectivity index (χ0n) is 18.3. The van der Waals surface area contributed by atoms with Crippen LogP contribution in [-0.4, -0.2) is 54.8 Å². The van der Waals surface area contributed by atoms with Crippen LogP contribution in [0.1, 0.15) is 29.7 Å². The molecule has 1 aliphatic heterocycles. The van der Waals surface area contributed by atoms with Crippen molar-refractivity contribution in [3.63, 3.8) is 0 Å². The molecule has 1 aliphatic rings. The number of halogens is 1. The first kappa shape index (κ1) is 22.8. The van der Waals surface area contributed by atoms with Gasteiger partial charge in [0.05, 0.1) is 24.8 Å². The molecule has 166 valence electrons. The molecule has 1 fully saturated rings. The van der Waals surface area contributed by atoms with Gasteiger partial charge in [-0.1, -0.05) is 0 Å². The van der Waals surface area contributed by atoms with Crippen molar-refractivity contribution in [2.75, 3.05) is 38.7 Å². The van der Waals surface area contributed by atoms with E-state index in [1.54, 1.807) is 12.1 Å². The molecule has 0 radical (unpaired) electrons. The van der Waals surface area contributed by atoms with Crippen LogP contribution in [0.3, 0.4) is 0 Å². The molecular weight excluding hydrogens is 399 g/mol. The van der Waals surface area contributed by atoms with E-state index < -0.39 is 0 Å². The number of carbonyl (C=O) groups is 1. The molecule has 0 spiro atoms. The van der Waals surface area contributed by atoms with Crippen LogP contribution >= 0.6 is 0 Å². The first-order valence-corrected chi connectivity index (χ1v) is 10.5. The number of rotatable bonds is 9. The Kier molecular flexibility index (Phi) is 7.66. The van der Waals surface area contributed by atoms with Gasteiger partial charge in [-0.2, -0.15) is 5.26 Å². The molecule has 2 aromatic rings. The Morgan fingerprint density at radius 2 is 2.13 bits per heavy atom. The average Bonchev–Trinajstić information content (AvgIpc) is 3.32. The minimum atomic E-state index is -0.312. The van der Waals surface area contributed by atoms with Crippen molar-refractivity contribution >= 4 is 11.7 Å². The molecular formula is C23H29FN4O3. The third-order valence-corrected chi connectivity index (χ3v) is 5.58. The lowest BCUT2D eigenvalue weighted by Gasteiger charge is -2.19. The minimum absolute atomic E-state index is 0.0963. The van der Waals surface area contributed by atoms with Crippen molar-refractivity contribution in [3.05, 3.63) is 46.9 Å². The second-order valence-electron chi connectivity index (χ2n) is 7.88. The molecule has 1 aromatic carbocycles. The van der Waals surface area contributed by atoms with Crippen LogP contribution in [0.25, 0.3) is 0 Å². The second-order valence-corrected chi connectivity index (χ2v) is 7.88. The lowest BCUT2D eigenvalue weighted by Crippen LogP contribution is -2.34. The summed E-state index contributed by atoms with van der Waals surface area (Å²) in [6.07, 6.45) is 2.10. The van der Waals surface area contributed by atoms with Crippen molar-refractivity contribution in [2.24, 2.45) is 0 Å². The number of aromatic nitrogens is 1. The Bertz CT molecular complexity index is 943. The number of amides is 1. The molecule has 0 aliphatic carbocycles. The third-order valence-electron chi connectivity index (χ3n) is 5.58. The van der Waals surface area contributed by atoms with Crippen LogP contribution in [0.4, 0.5) is 10.2 Å². The van der Waals surface area contributed by atoms with E-state index in [9.17, 15) is 14.4 Å². The van der Waals surface area contributed by atoms with Gasteiger partial charge in [-0.3, -0.25) is 9.69 Å². The highest BCUT2D eigenvalue weighted by molar-refractivity contribution is 5.93. The normalized spacial score (nSPS) is 15.8. The third kappa shape index (κ3) is 5.84. The topological polar surface area (TPSA) is 79.5 Å². The Morgan fingerprint density at radius 1 is 1.39 bits per heavy atom. The van der Waals surface area contributed by atoms with Crippen molar-refractivity contribution in [1.82, 2.24) is 9.47 Å². The van der Waals surface area contributed by atoms with Gasteiger partial charge >= 0.3 is 0 Å². The fraction of sp³-hybridized carbons (Fsp3) is 0.478. The molecule has 3 rings (SSSR count). The quantitative estimate of drug-likeness (QED) is 0.663. The Balaban J connectivity index is 1.58. The van der Waals surface area contributed by atoms with E-state index >= 15 is 0 Å². The summed E-state index contributed by atoms with van der Waals surface area (Å²) in [6.45, 7) is 6.26. The second kappa shape index (κ2) is 10.4. The number of hydrogen-bond donors (Lipinski definition) is 1. The van der Waals surface area contributed by atoms with E-state index in [1.807, 2.05) is 30.4 Å². The number of ether oxygens (including phenoxy) is 2. The average molecular weight is 429 g/mol. The number of anilines is 1. The van der Waals surface area contributed by atoms with Gasteiger partial charge < -0.3 is 19.4 Å². The fourth-order valence-corrected chi connectivity index (χ4v) is 3.70. The van der Waals surface area contributed by atoms with Gasteiger partial charge in [0.2, 0.25) is 5.91 Å². The highest BCUT2D eigenvalue weighted by atomic mass is 19.1. The summed E-state index contributed by atoms with van der Waals surface area (Å²) in [7, 11) is 1.82. The number of hydrogen-bond acceptors (Lipinski definition) is 5. The molecule has 1 N–H and O–H groups in total. The van der Waals surface area contributed by atoms with Gasteiger partial charge in [-0.25, -0.2) is 4.39 Å². The molecule has 31 heavy (non-hydrogen) atoms. The number of nitrogens with one attached hydrogen (secondary N) is 1. The minimum Gasteiger partial charge on any atom is -0.492 e. The Morgan fingerprint density at radius 3 is 2.77 bits per heavy atom. The molecule has 1 atom stereocenters. The van der Waals surface area contributed by atoms with Crippen molar-refractivity contribution in [3.8, 4) is 11.8 Å². The van der Waals surface area contributed by atoms with Gasteiger partial charge in [0.25, 0.3) is 0 Å². The summed E-state index contributed by atoms with van der Waals surface area (Å²) in [5.74, 6) is 0.601. The summed E-state index contributed by atoms with van der Waals surface area (Å²) >= 11 is 0. The zero-order valence-corrected chi connectivity index (χ0v) is 18.3. The van der Waals surface area contributed by atoms with E-state index in [4.69, 9.17) is 9.47 Å². The Labute approximate surface area is 182 Å². The molecule has 0 bridgehead atoms. The van der Waals surface area contributed by atoms with Crippen LogP contribution in [0.15, 0.2) is 24.3 Å². The standard InChI is InChI=1S/C23H29FN4O3/c1-16-17(2)28(14-20-5-4-11-30-20)23(21(16)13-25)26-22(29)15-27(3)10-12-31-19-8-6-18(24)7-9-19/h6-9,20H,4-5,10-12,14-15H2,1-3H3,(H,26,29). The number of likely N-dealkylation sites (N-methyl/N-ethyl adjacent to an activating group) is 1. The van der Waals surface area contributed by atoms with Crippen LogP contribution in [-0.2, 0) is 16.1 Å². The van der Waals surface area contributed by atoms with E-state index in [1.165, 1.54) is 12.1 Å². The number of nitrogens with zero attached hydrogens (tertiary/aromatic N) is 3. The van der Waals surface area contributed by atoms with Gasteiger partial charge in [0.1, 0.15) is 30.1 Å². The first-order chi connectivity index (χ1) is 14.9. The highest BCUT2D eigenvalue weighted by Crippen LogP contribution is 2.28. The van der Waals surface area contributed by atoms with Crippen LogP contribution in [0.2, 0.25) is 0 Å². The summed E-state index contributed by atoms with van der Waals surface area (Å²) in [6, 6.07) is 8.05. The zero-order chi connectivity index (χ0) is 22.4. The van der Waals surface area contributed by atoms with E-state index in [-0.39, 0.29) is 24.4 Å². The maximum atomic E-state index is 12.9. The molecule has 1 aromatic heterocycles. The smallest absolute Gasteiger partial charge is 0.239 e. The van der Waals surface area contributed by atoms with E-state index in [0.717, 1.165) is 30.7 Å². The van der Waals surface area contributed by atoms with E-state index in [0.29, 0.717) is 36.8 Å². The van der Waals surface area contributed by atoms with Gasteiger partial charge in [0, 0.05) is 18.8 Å². The van der Waals surface area contributed by atoms with E-state index in [2.05, 4.69) is 11.4 Å². The predicted molar refractivity (Wildman–Crippen MR) is 116 cm³/mol. The molecule has 1 unspecified atom stereocenters. The first-order valence-electron chi connectivity index (χ1n) is 10.5. The highest BCUT2D eigenvalue weighted by Gasteiger charge is 2.24. The maximum Gasteiger partial charge on any atom is 0.239 e. The largest absolute Gasteiger partial charge is 0.492 e. The number of nitriles is 1. The van der Waals surface area contributed by atoms with Crippen LogP contribution < -0.4 is 10.1 Å². The molecule has 8 heteroatoms. The monoisotopic (exact) mass is 428 g/mol. The van der Waals surface area contributed by atoms with Crippen LogP contribution in [0, 0.1) is 31.0 Å². The molecule has 1 saturated heterocycles.